The Morgan fingerprint density at radius 2 is 2.21 bits per heavy atom. The van der Waals surface area contributed by atoms with E-state index < -0.39 is 0 Å². The highest BCUT2D eigenvalue weighted by atomic mass is 19.1. The number of rotatable bonds is 3. The third-order valence-electron chi connectivity index (χ3n) is 4.15. The van der Waals surface area contributed by atoms with Crippen molar-refractivity contribution < 1.29 is 4.39 Å². The molecule has 24 heavy (non-hydrogen) atoms. The van der Waals surface area contributed by atoms with Crippen LogP contribution in [0.4, 0.5) is 4.39 Å². The number of hydrogen-bond acceptors (Lipinski definition) is 5. The van der Waals surface area contributed by atoms with Crippen molar-refractivity contribution in [2.75, 3.05) is 13.6 Å². The van der Waals surface area contributed by atoms with Gasteiger partial charge in [0.25, 0.3) is 0 Å². The Bertz CT molecular complexity index is 945. The Morgan fingerprint density at radius 1 is 1.33 bits per heavy atom. The van der Waals surface area contributed by atoms with E-state index >= 15 is 0 Å². The lowest BCUT2D eigenvalue weighted by molar-refractivity contribution is 0.374. The van der Waals surface area contributed by atoms with Crippen LogP contribution in [0.3, 0.4) is 0 Å². The number of hydrogen-bond donors (Lipinski definition) is 3. The minimum absolute atomic E-state index is 0.181. The summed E-state index contributed by atoms with van der Waals surface area (Å²) in [5.41, 5.74) is 13.3. The van der Waals surface area contributed by atoms with E-state index in [1.54, 1.807) is 12.3 Å². The van der Waals surface area contributed by atoms with Crippen molar-refractivity contribution in [1.29, 1.82) is 0 Å². The van der Waals surface area contributed by atoms with E-state index in [-0.39, 0.29) is 12.4 Å². The first-order chi connectivity index (χ1) is 11.7. The molecule has 6 nitrogen and oxygen atoms in total. The molecule has 122 valence electrons. The fraction of sp³-hybridized carbons (Fsp3) is 0.176. The summed E-state index contributed by atoms with van der Waals surface area (Å²) in [4.78, 5) is 12.2. The van der Waals surface area contributed by atoms with E-state index in [0.717, 1.165) is 28.0 Å². The molecule has 0 atom stereocenters. The number of nitrogens with one attached hydrogen (secondary N) is 2. The van der Waals surface area contributed by atoms with Crippen LogP contribution in [-0.2, 0) is 6.54 Å². The van der Waals surface area contributed by atoms with E-state index in [0.29, 0.717) is 17.8 Å². The molecular weight excluding hydrogens is 307 g/mol. The lowest BCUT2D eigenvalue weighted by atomic mass is 10.0. The fourth-order valence-electron chi connectivity index (χ4n) is 2.86. The topological polar surface area (TPSA) is 82.9 Å². The van der Waals surface area contributed by atoms with Crippen LogP contribution in [0.15, 0.2) is 36.7 Å². The van der Waals surface area contributed by atoms with Gasteiger partial charge in [-0.05, 0) is 17.7 Å². The van der Waals surface area contributed by atoms with Crippen LogP contribution < -0.4 is 11.2 Å². The fourth-order valence-corrected chi connectivity index (χ4v) is 2.86. The maximum atomic E-state index is 14.1. The Hall–Kier alpha value is -2.77. The molecule has 0 spiro atoms. The van der Waals surface area contributed by atoms with E-state index in [4.69, 9.17) is 5.73 Å². The normalized spacial score (nSPS) is 14.5. The number of halogens is 1. The number of H-pyrrole nitrogens is 1. The van der Waals surface area contributed by atoms with Gasteiger partial charge in [-0.1, -0.05) is 12.1 Å². The van der Waals surface area contributed by atoms with Crippen molar-refractivity contribution in [3.8, 4) is 11.1 Å². The Kier molecular flexibility index (Phi) is 3.51. The number of pyridine rings is 1. The second-order valence-corrected chi connectivity index (χ2v) is 5.75. The molecule has 0 amide bonds. The van der Waals surface area contributed by atoms with Gasteiger partial charge in [-0.2, -0.15) is 0 Å². The quantitative estimate of drug-likeness (QED) is 0.686. The van der Waals surface area contributed by atoms with E-state index in [2.05, 4.69) is 20.4 Å². The summed E-state index contributed by atoms with van der Waals surface area (Å²) in [6, 6.07) is 6.94. The summed E-state index contributed by atoms with van der Waals surface area (Å²) in [5.74, 6) is 0.463. The minimum Gasteiger partial charge on any atom is -0.336 e. The van der Waals surface area contributed by atoms with Gasteiger partial charge in [-0.15, -0.1) is 0 Å². The monoisotopic (exact) mass is 324 g/mol. The average molecular weight is 324 g/mol. The number of benzene rings is 1. The number of fused-ring (bicyclic) bond motifs is 1. The summed E-state index contributed by atoms with van der Waals surface area (Å²) < 4.78 is 14.1. The first kappa shape index (κ1) is 14.8. The molecule has 0 unspecified atom stereocenters. The zero-order chi connectivity index (χ0) is 16.7. The molecule has 0 bridgehead atoms. The van der Waals surface area contributed by atoms with Gasteiger partial charge in [-0.3, -0.25) is 0 Å². The molecule has 7 heteroatoms. The number of nitrogens with zero attached hydrogens (tertiary/aromatic N) is 3. The number of hydrazine groups is 1. The molecule has 1 aliphatic heterocycles. The summed E-state index contributed by atoms with van der Waals surface area (Å²) in [6.45, 7) is 0.881. The number of aromatic nitrogens is 3. The van der Waals surface area contributed by atoms with Gasteiger partial charge >= 0.3 is 0 Å². The van der Waals surface area contributed by atoms with Crippen LogP contribution in [-0.4, -0.2) is 33.6 Å². The first-order valence-corrected chi connectivity index (χ1v) is 7.66. The number of aromatic amines is 1. The van der Waals surface area contributed by atoms with Crippen LogP contribution in [0.25, 0.3) is 27.9 Å². The third-order valence-corrected chi connectivity index (χ3v) is 4.15. The smallest absolute Gasteiger partial charge is 0.178 e. The lowest BCUT2D eigenvalue weighted by Gasteiger charge is -2.05. The maximum Gasteiger partial charge on any atom is 0.178 e. The van der Waals surface area contributed by atoms with Gasteiger partial charge in [-0.25, -0.2) is 19.8 Å². The largest absolute Gasteiger partial charge is 0.336 e. The SMILES string of the molecule is CN1C=C(c2nc3nccc(-c4ccc(CN)c(F)c4)c3[nH]2)CN1. The predicted octanol–water partition coefficient (Wildman–Crippen LogP) is 2.01. The van der Waals surface area contributed by atoms with Gasteiger partial charge in [0.05, 0.1) is 5.52 Å². The van der Waals surface area contributed by atoms with Crippen molar-refractivity contribution in [1.82, 2.24) is 25.4 Å². The van der Waals surface area contributed by atoms with Crippen molar-refractivity contribution in [3.05, 3.63) is 53.9 Å². The molecule has 0 fully saturated rings. The van der Waals surface area contributed by atoms with E-state index in [1.165, 1.54) is 6.07 Å². The highest BCUT2D eigenvalue weighted by Crippen LogP contribution is 2.29. The van der Waals surface area contributed by atoms with Gasteiger partial charge in [0.15, 0.2) is 5.65 Å². The van der Waals surface area contributed by atoms with Crippen LogP contribution in [0.5, 0.6) is 0 Å². The van der Waals surface area contributed by atoms with Crippen molar-refractivity contribution >= 4 is 16.7 Å². The van der Waals surface area contributed by atoms with Crippen LogP contribution in [0.1, 0.15) is 11.4 Å². The molecule has 1 aromatic carbocycles. The Balaban J connectivity index is 1.83. The second-order valence-electron chi connectivity index (χ2n) is 5.75. The summed E-state index contributed by atoms with van der Waals surface area (Å²) in [7, 11) is 1.93. The molecule has 3 aromatic rings. The highest BCUT2D eigenvalue weighted by molar-refractivity contribution is 5.91. The molecule has 0 saturated heterocycles. The van der Waals surface area contributed by atoms with Gasteiger partial charge in [0, 0.05) is 49.2 Å². The molecular formula is C17H17FN6. The molecule has 0 saturated carbocycles. The maximum absolute atomic E-state index is 14.1. The molecule has 4 rings (SSSR count). The molecule has 3 heterocycles. The second kappa shape index (κ2) is 5.70. The molecule has 1 aliphatic rings. The minimum atomic E-state index is -0.302. The predicted molar refractivity (Wildman–Crippen MR) is 90.9 cm³/mol. The molecule has 0 aliphatic carbocycles. The highest BCUT2D eigenvalue weighted by Gasteiger charge is 2.16. The van der Waals surface area contributed by atoms with Crippen molar-refractivity contribution in [3.63, 3.8) is 0 Å². The van der Waals surface area contributed by atoms with E-state index in [9.17, 15) is 4.39 Å². The van der Waals surface area contributed by atoms with Gasteiger partial charge < -0.3 is 15.7 Å². The lowest BCUT2D eigenvalue weighted by Crippen LogP contribution is -2.23. The summed E-state index contributed by atoms with van der Waals surface area (Å²) >= 11 is 0. The van der Waals surface area contributed by atoms with Gasteiger partial charge in [0.1, 0.15) is 11.6 Å². The van der Waals surface area contributed by atoms with E-state index in [1.807, 2.05) is 30.4 Å². The Morgan fingerprint density at radius 3 is 2.92 bits per heavy atom. The third kappa shape index (κ3) is 2.44. The summed E-state index contributed by atoms with van der Waals surface area (Å²) in [6.07, 6.45) is 3.66. The van der Waals surface area contributed by atoms with Crippen molar-refractivity contribution in [2.45, 2.75) is 6.54 Å². The number of nitrogens with two attached hydrogens (primary N) is 1. The Labute approximate surface area is 138 Å². The van der Waals surface area contributed by atoms with Gasteiger partial charge in [0.2, 0.25) is 0 Å². The molecule has 0 radical (unpaired) electrons. The van der Waals surface area contributed by atoms with Crippen LogP contribution in [0.2, 0.25) is 0 Å². The molecule has 4 N–H and O–H groups in total. The average Bonchev–Trinajstić information content (AvgIpc) is 3.20. The van der Waals surface area contributed by atoms with Crippen molar-refractivity contribution in [2.24, 2.45) is 5.73 Å². The number of imidazole rings is 1. The standard InChI is InChI=1S/C17H17FN6/c1-24-9-12(8-21-24)16-22-15-13(4-5-20-17(15)23-16)10-2-3-11(7-19)14(18)6-10/h2-6,9,21H,7-8,19H2,1H3,(H,20,22,23). The van der Waals surface area contributed by atoms with Crippen LogP contribution in [0, 0.1) is 5.82 Å². The molecule has 2 aromatic heterocycles. The van der Waals surface area contributed by atoms with Crippen LogP contribution >= 0.6 is 0 Å². The summed E-state index contributed by atoms with van der Waals surface area (Å²) in [5, 5.41) is 1.89. The zero-order valence-corrected chi connectivity index (χ0v) is 13.2. The zero-order valence-electron chi connectivity index (χ0n) is 13.2. The first-order valence-electron chi connectivity index (χ1n) is 7.66.